The highest BCUT2D eigenvalue weighted by atomic mass is 16.6. The second-order valence-electron chi connectivity index (χ2n) is 6.97. The van der Waals surface area contributed by atoms with Crippen LogP contribution in [0.1, 0.15) is 26.3 Å². The van der Waals surface area contributed by atoms with Crippen LogP contribution in [0.2, 0.25) is 0 Å². The number of carbonyl (C=O) groups excluding carboxylic acids is 2. The van der Waals surface area contributed by atoms with Crippen molar-refractivity contribution in [3.63, 3.8) is 0 Å². The SMILES string of the molecule is COCN(C(=O)OC(C)(C)C)C1CN(C(=O)OCc2ccccc2)C1. The molecule has 25 heavy (non-hydrogen) atoms. The zero-order chi connectivity index (χ0) is 18.4. The Bertz CT molecular complexity index is 579. The van der Waals surface area contributed by atoms with E-state index < -0.39 is 11.7 Å². The molecule has 1 aliphatic rings. The summed E-state index contributed by atoms with van der Waals surface area (Å²) < 4.78 is 15.8. The average molecular weight is 350 g/mol. The first-order valence-electron chi connectivity index (χ1n) is 8.24. The molecule has 1 saturated heterocycles. The van der Waals surface area contributed by atoms with E-state index in [1.54, 1.807) is 4.90 Å². The lowest BCUT2D eigenvalue weighted by atomic mass is 10.1. The molecule has 7 nitrogen and oxygen atoms in total. The number of ether oxygens (including phenoxy) is 3. The van der Waals surface area contributed by atoms with Crippen LogP contribution in [0.5, 0.6) is 0 Å². The van der Waals surface area contributed by atoms with Crippen molar-refractivity contribution < 1.29 is 23.8 Å². The lowest BCUT2D eigenvalue weighted by Gasteiger charge is -2.44. The minimum Gasteiger partial charge on any atom is -0.445 e. The number of hydrogen-bond acceptors (Lipinski definition) is 5. The minimum atomic E-state index is -0.582. The molecule has 138 valence electrons. The number of carbonyl (C=O) groups is 2. The number of hydrogen-bond donors (Lipinski definition) is 0. The summed E-state index contributed by atoms with van der Waals surface area (Å²) in [7, 11) is 1.52. The number of likely N-dealkylation sites (tertiary alicyclic amines) is 1. The molecular weight excluding hydrogens is 324 g/mol. The third kappa shape index (κ3) is 5.63. The molecule has 2 amide bonds. The number of nitrogens with zero attached hydrogens (tertiary/aromatic N) is 2. The first-order chi connectivity index (χ1) is 11.8. The summed E-state index contributed by atoms with van der Waals surface area (Å²) in [5, 5.41) is 0. The van der Waals surface area contributed by atoms with Crippen molar-refractivity contribution >= 4 is 12.2 Å². The van der Waals surface area contributed by atoms with Crippen molar-refractivity contribution in [2.75, 3.05) is 26.9 Å². The lowest BCUT2D eigenvalue weighted by molar-refractivity contribution is -0.0472. The monoisotopic (exact) mass is 350 g/mol. The minimum absolute atomic E-state index is 0.118. The largest absolute Gasteiger partial charge is 0.445 e. The third-order valence-electron chi connectivity index (χ3n) is 3.66. The van der Waals surface area contributed by atoms with Gasteiger partial charge in [-0.3, -0.25) is 4.90 Å². The number of methoxy groups -OCH3 is 1. The van der Waals surface area contributed by atoms with Gasteiger partial charge in [0.1, 0.15) is 18.9 Å². The van der Waals surface area contributed by atoms with Gasteiger partial charge in [0.2, 0.25) is 0 Å². The summed E-state index contributed by atoms with van der Waals surface area (Å²) in [4.78, 5) is 27.4. The number of amides is 2. The summed E-state index contributed by atoms with van der Waals surface area (Å²) in [6.07, 6.45) is -0.835. The zero-order valence-electron chi connectivity index (χ0n) is 15.2. The van der Waals surface area contributed by atoms with E-state index in [1.165, 1.54) is 12.0 Å². The van der Waals surface area contributed by atoms with Gasteiger partial charge in [0.15, 0.2) is 0 Å². The van der Waals surface area contributed by atoms with E-state index in [1.807, 2.05) is 51.1 Å². The van der Waals surface area contributed by atoms with Gasteiger partial charge in [-0.25, -0.2) is 9.59 Å². The maximum Gasteiger partial charge on any atom is 0.412 e. The molecule has 2 rings (SSSR count). The van der Waals surface area contributed by atoms with Gasteiger partial charge in [-0.05, 0) is 26.3 Å². The Balaban J connectivity index is 1.81. The van der Waals surface area contributed by atoms with E-state index in [2.05, 4.69) is 0 Å². The maximum atomic E-state index is 12.3. The van der Waals surface area contributed by atoms with Gasteiger partial charge < -0.3 is 19.1 Å². The Hall–Kier alpha value is -2.28. The van der Waals surface area contributed by atoms with Crippen LogP contribution in [-0.4, -0.2) is 60.6 Å². The molecule has 0 saturated carbocycles. The van der Waals surface area contributed by atoms with E-state index in [0.29, 0.717) is 13.1 Å². The van der Waals surface area contributed by atoms with Gasteiger partial charge in [0.05, 0.1) is 6.04 Å². The molecule has 0 N–H and O–H groups in total. The molecule has 0 radical (unpaired) electrons. The van der Waals surface area contributed by atoms with Crippen LogP contribution >= 0.6 is 0 Å². The van der Waals surface area contributed by atoms with Crippen molar-refractivity contribution in [1.29, 1.82) is 0 Å². The molecule has 0 aromatic heterocycles. The van der Waals surface area contributed by atoms with Crippen molar-refractivity contribution in [2.24, 2.45) is 0 Å². The summed E-state index contributed by atoms with van der Waals surface area (Å²) >= 11 is 0. The molecule has 1 fully saturated rings. The van der Waals surface area contributed by atoms with Gasteiger partial charge in [0, 0.05) is 20.2 Å². The lowest BCUT2D eigenvalue weighted by Crippen LogP contribution is -2.63. The predicted molar refractivity (Wildman–Crippen MR) is 91.9 cm³/mol. The molecular formula is C18H26N2O5. The molecule has 1 heterocycles. The zero-order valence-corrected chi connectivity index (χ0v) is 15.2. The standard InChI is InChI=1S/C18H26N2O5/c1-18(2,3)25-17(22)20(13-23-4)15-10-19(11-15)16(21)24-12-14-8-6-5-7-9-14/h5-9,15H,10-13H2,1-4H3. The van der Waals surface area contributed by atoms with Crippen molar-refractivity contribution in [3.05, 3.63) is 35.9 Å². The first kappa shape index (κ1) is 19.1. The van der Waals surface area contributed by atoms with Gasteiger partial charge >= 0.3 is 12.2 Å². The fraction of sp³-hybridized carbons (Fsp3) is 0.556. The fourth-order valence-corrected chi connectivity index (χ4v) is 2.38. The third-order valence-corrected chi connectivity index (χ3v) is 3.66. The normalized spacial score (nSPS) is 14.6. The summed E-state index contributed by atoms with van der Waals surface area (Å²) in [5.74, 6) is 0. The molecule has 0 aliphatic carbocycles. The van der Waals surface area contributed by atoms with E-state index in [0.717, 1.165) is 5.56 Å². The van der Waals surface area contributed by atoms with E-state index in [9.17, 15) is 9.59 Å². The van der Waals surface area contributed by atoms with Crippen LogP contribution in [-0.2, 0) is 20.8 Å². The molecule has 1 aromatic carbocycles. The Morgan fingerprint density at radius 1 is 1.20 bits per heavy atom. The molecule has 0 spiro atoms. The molecule has 0 bridgehead atoms. The highest BCUT2D eigenvalue weighted by molar-refractivity contribution is 5.71. The molecule has 7 heteroatoms. The topological polar surface area (TPSA) is 68.3 Å². The van der Waals surface area contributed by atoms with Gasteiger partial charge in [-0.15, -0.1) is 0 Å². The Kier molecular flexibility index (Phi) is 6.25. The van der Waals surface area contributed by atoms with Crippen molar-refractivity contribution in [3.8, 4) is 0 Å². The van der Waals surface area contributed by atoms with E-state index in [-0.39, 0.29) is 25.5 Å². The van der Waals surface area contributed by atoms with Crippen LogP contribution in [0.3, 0.4) is 0 Å². The number of benzene rings is 1. The summed E-state index contributed by atoms with van der Waals surface area (Å²) in [6.45, 7) is 6.57. The van der Waals surface area contributed by atoms with E-state index >= 15 is 0 Å². The van der Waals surface area contributed by atoms with Crippen LogP contribution in [0, 0.1) is 0 Å². The molecule has 0 unspecified atom stereocenters. The number of rotatable bonds is 5. The van der Waals surface area contributed by atoms with Gasteiger partial charge in [0.25, 0.3) is 0 Å². The summed E-state index contributed by atoms with van der Waals surface area (Å²) in [5.41, 5.74) is 0.351. The highest BCUT2D eigenvalue weighted by Gasteiger charge is 2.39. The Morgan fingerprint density at radius 2 is 1.84 bits per heavy atom. The molecule has 0 atom stereocenters. The average Bonchev–Trinajstić information content (AvgIpc) is 2.50. The quantitative estimate of drug-likeness (QED) is 0.764. The Morgan fingerprint density at radius 3 is 2.40 bits per heavy atom. The van der Waals surface area contributed by atoms with Crippen LogP contribution in [0.25, 0.3) is 0 Å². The van der Waals surface area contributed by atoms with E-state index in [4.69, 9.17) is 14.2 Å². The molecule has 1 aliphatic heterocycles. The predicted octanol–water partition coefficient (Wildman–Crippen LogP) is 2.85. The van der Waals surface area contributed by atoms with Crippen molar-refractivity contribution in [1.82, 2.24) is 9.80 Å². The van der Waals surface area contributed by atoms with Crippen molar-refractivity contribution in [2.45, 2.75) is 39.0 Å². The van der Waals surface area contributed by atoms with Crippen LogP contribution in [0.15, 0.2) is 30.3 Å². The van der Waals surface area contributed by atoms with Gasteiger partial charge in [-0.2, -0.15) is 0 Å². The fourth-order valence-electron chi connectivity index (χ4n) is 2.38. The smallest absolute Gasteiger partial charge is 0.412 e. The van der Waals surface area contributed by atoms with Crippen LogP contribution < -0.4 is 0 Å². The second kappa shape index (κ2) is 8.20. The second-order valence-corrected chi connectivity index (χ2v) is 6.97. The molecule has 1 aromatic rings. The highest BCUT2D eigenvalue weighted by Crippen LogP contribution is 2.20. The van der Waals surface area contributed by atoms with Gasteiger partial charge in [-0.1, -0.05) is 30.3 Å². The Labute approximate surface area is 148 Å². The summed E-state index contributed by atoms with van der Waals surface area (Å²) in [6, 6.07) is 9.36. The first-order valence-corrected chi connectivity index (χ1v) is 8.24. The maximum absolute atomic E-state index is 12.3. The van der Waals surface area contributed by atoms with Crippen LogP contribution in [0.4, 0.5) is 9.59 Å².